The van der Waals surface area contributed by atoms with E-state index in [1.807, 2.05) is 19.9 Å². The summed E-state index contributed by atoms with van der Waals surface area (Å²) >= 11 is 0. The first-order valence-corrected chi connectivity index (χ1v) is 8.60. The van der Waals surface area contributed by atoms with Crippen LogP contribution < -0.4 is 5.73 Å². The Morgan fingerprint density at radius 1 is 1.30 bits per heavy atom. The third-order valence-corrected chi connectivity index (χ3v) is 5.68. The first-order valence-electron chi connectivity index (χ1n) is 7.16. The summed E-state index contributed by atoms with van der Waals surface area (Å²) in [4.78, 5) is 0.341. The molecule has 0 aromatic heterocycles. The second-order valence-electron chi connectivity index (χ2n) is 5.26. The van der Waals surface area contributed by atoms with Gasteiger partial charge in [0, 0.05) is 19.6 Å². The molecule has 0 aliphatic carbocycles. The molecule has 0 heterocycles. The van der Waals surface area contributed by atoms with Crippen LogP contribution in [-0.4, -0.2) is 25.8 Å². The van der Waals surface area contributed by atoms with Gasteiger partial charge in [0.25, 0.3) is 0 Å². The first kappa shape index (κ1) is 17.1. The van der Waals surface area contributed by atoms with Crippen LogP contribution in [0.5, 0.6) is 0 Å². The number of sulfonamides is 1. The zero-order chi connectivity index (χ0) is 15.3. The fourth-order valence-electron chi connectivity index (χ4n) is 2.05. The molecule has 0 fully saturated rings. The molecule has 1 atom stereocenters. The Labute approximate surface area is 123 Å². The van der Waals surface area contributed by atoms with Crippen LogP contribution in [0.2, 0.25) is 0 Å². The SMILES string of the molecule is CCC(C)CN(CC)S(=O)(=O)c1ccc(C)c(CN)c1. The number of hydrogen-bond donors (Lipinski definition) is 1. The summed E-state index contributed by atoms with van der Waals surface area (Å²) in [7, 11) is -3.43. The van der Waals surface area contributed by atoms with Crippen molar-refractivity contribution in [1.82, 2.24) is 4.31 Å². The van der Waals surface area contributed by atoms with Crippen LogP contribution in [0.1, 0.15) is 38.3 Å². The predicted molar refractivity (Wildman–Crippen MR) is 83.0 cm³/mol. The summed E-state index contributed by atoms with van der Waals surface area (Å²) in [6, 6.07) is 5.19. The van der Waals surface area contributed by atoms with Crippen LogP contribution in [0.4, 0.5) is 0 Å². The highest BCUT2D eigenvalue weighted by Gasteiger charge is 2.24. The quantitative estimate of drug-likeness (QED) is 0.841. The summed E-state index contributed by atoms with van der Waals surface area (Å²) in [5.74, 6) is 0.351. The molecule has 1 aromatic rings. The number of rotatable bonds is 7. The molecule has 20 heavy (non-hydrogen) atoms. The molecule has 0 bridgehead atoms. The maximum Gasteiger partial charge on any atom is 0.243 e. The molecule has 0 aliphatic heterocycles. The molecule has 0 saturated heterocycles. The van der Waals surface area contributed by atoms with Gasteiger partial charge in [0.1, 0.15) is 0 Å². The van der Waals surface area contributed by atoms with Crippen LogP contribution >= 0.6 is 0 Å². The molecule has 0 radical (unpaired) electrons. The summed E-state index contributed by atoms with van der Waals surface area (Å²) < 4.78 is 26.9. The molecule has 2 N–H and O–H groups in total. The van der Waals surface area contributed by atoms with Gasteiger partial charge in [-0.25, -0.2) is 8.42 Å². The Balaban J connectivity index is 3.13. The van der Waals surface area contributed by atoms with Crippen molar-refractivity contribution in [2.75, 3.05) is 13.1 Å². The lowest BCUT2D eigenvalue weighted by atomic mass is 10.1. The average Bonchev–Trinajstić information content (AvgIpc) is 2.44. The van der Waals surface area contributed by atoms with Crippen molar-refractivity contribution in [3.8, 4) is 0 Å². The largest absolute Gasteiger partial charge is 0.326 e. The molecular weight excluding hydrogens is 272 g/mol. The van der Waals surface area contributed by atoms with E-state index in [2.05, 4.69) is 13.8 Å². The standard InChI is InChI=1S/C15H26N2O2S/c1-5-12(3)11-17(6-2)20(18,19)15-8-7-13(4)14(9-15)10-16/h7-9,12H,5-6,10-11,16H2,1-4H3. The van der Waals surface area contributed by atoms with Crippen molar-refractivity contribution >= 4 is 10.0 Å². The number of aryl methyl sites for hydroxylation is 1. The summed E-state index contributed by atoms with van der Waals surface area (Å²) in [6.45, 7) is 9.35. The molecule has 1 aromatic carbocycles. The Kier molecular flexibility index (Phi) is 6.17. The Hall–Kier alpha value is -0.910. The molecule has 0 spiro atoms. The number of benzene rings is 1. The van der Waals surface area contributed by atoms with Crippen LogP contribution in [0.3, 0.4) is 0 Å². The van der Waals surface area contributed by atoms with E-state index in [0.717, 1.165) is 17.5 Å². The molecule has 0 aliphatic rings. The van der Waals surface area contributed by atoms with Crippen molar-refractivity contribution in [2.24, 2.45) is 11.7 Å². The van der Waals surface area contributed by atoms with Gasteiger partial charge in [0.05, 0.1) is 4.90 Å². The van der Waals surface area contributed by atoms with Crippen molar-refractivity contribution < 1.29 is 8.42 Å². The Bertz CT molecular complexity index is 541. The minimum Gasteiger partial charge on any atom is -0.326 e. The minimum atomic E-state index is -3.43. The van der Waals surface area contributed by atoms with Crippen LogP contribution in [0, 0.1) is 12.8 Å². The van der Waals surface area contributed by atoms with E-state index in [0.29, 0.717) is 30.4 Å². The Morgan fingerprint density at radius 2 is 1.95 bits per heavy atom. The molecule has 4 nitrogen and oxygen atoms in total. The molecule has 5 heteroatoms. The number of hydrogen-bond acceptors (Lipinski definition) is 3. The first-order chi connectivity index (χ1) is 9.36. The maximum absolute atomic E-state index is 12.7. The topological polar surface area (TPSA) is 63.4 Å². The normalized spacial score (nSPS) is 13.7. The summed E-state index contributed by atoms with van der Waals surface area (Å²) in [5, 5.41) is 0. The number of nitrogens with zero attached hydrogens (tertiary/aromatic N) is 1. The predicted octanol–water partition coefficient (Wildman–Crippen LogP) is 2.51. The van der Waals surface area contributed by atoms with Crippen molar-refractivity contribution in [2.45, 2.75) is 45.6 Å². The lowest BCUT2D eigenvalue weighted by Crippen LogP contribution is -2.34. The molecule has 0 amide bonds. The van der Waals surface area contributed by atoms with E-state index in [1.165, 1.54) is 0 Å². The lowest BCUT2D eigenvalue weighted by Gasteiger charge is -2.24. The second-order valence-corrected chi connectivity index (χ2v) is 7.20. The highest BCUT2D eigenvalue weighted by atomic mass is 32.2. The smallest absolute Gasteiger partial charge is 0.243 e. The molecule has 114 valence electrons. The number of nitrogens with two attached hydrogens (primary N) is 1. The van der Waals surface area contributed by atoms with E-state index in [1.54, 1.807) is 16.4 Å². The van der Waals surface area contributed by atoms with Crippen molar-refractivity contribution in [3.63, 3.8) is 0 Å². The van der Waals surface area contributed by atoms with Gasteiger partial charge in [-0.3, -0.25) is 0 Å². The average molecular weight is 298 g/mol. The van der Waals surface area contributed by atoms with E-state index in [9.17, 15) is 8.42 Å². The lowest BCUT2D eigenvalue weighted by molar-refractivity contribution is 0.361. The van der Waals surface area contributed by atoms with Gasteiger partial charge < -0.3 is 5.73 Å². The second kappa shape index (κ2) is 7.20. The highest BCUT2D eigenvalue weighted by Crippen LogP contribution is 2.20. The van der Waals surface area contributed by atoms with Gasteiger partial charge in [-0.2, -0.15) is 4.31 Å². The fourth-order valence-corrected chi connectivity index (χ4v) is 3.67. The van der Waals surface area contributed by atoms with E-state index in [4.69, 9.17) is 5.73 Å². The van der Waals surface area contributed by atoms with Gasteiger partial charge in [-0.05, 0) is 36.1 Å². The van der Waals surface area contributed by atoms with Crippen molar-refractivity contribution in [1.29, 1.82) is 0 Å². The zero-order valence-electron chi connectivity index (χ0n) is 12.9. The van der Waals surface area contributed by atoms with Crippen molar-refractivity contribution in [3.05, 3.63) is 29.3 Å². The Morgan fingerprint density at radius 3 is 2.45 bits per heavy atom. The van der Waals surface area contributed by atoms with Crippen LogP contribution in [0.25, 0.3) is 0 Å². The van der Waals surface area contributed by atoms with Crippen LogP contribution in [-0.2, 0) is 16.6 Å². The van der Waals surface area contributed by atoms with E-state index < -0.39 is 10.0 Å². The highest BCUT2D eigenvalue weighted by molar-refractivity contribution is 7.89. The summed E-state index contributed by atoms with van der Waals surface area (Å²) in [5.41, 5.74) is 7.57. The van der Waals surface area contributed by atoms with Gasteiger partial charge in [0.2, 0.25) is 10.0 Å². The van der Waals surface area contributed by atoms with Gasteiger partial charge in [0.15, 0.2) is 0 Å². The summed E-state index contributed by atoms with van der Waals surface area (Å²) in [6.07, 6.45) is 0.966. The van der Waals surface area contributed by atoms with E-state index in [-0.39, 0.29) is 0 Å². The fraction of sp³-hybridized carbons (Fsp3) is 0.600. The van der Waals surface area contributed by atoms with Gasteiger partial charge in [-0.15, -0.1) is 0 Å². The monoisotopic (exact) mass is 298 g/mol. The molecule has 0 saturated carbocycles. The van der Waals surface area contributed by atoms with Gasteiger partial charge in [-0.1, -0.05) is 33.3 Å². The van der Waals surface area contributed by atoms with Gasteiger partial charge >= 0.3 is 0 Å². The third-order valence-electron chi connectivity index (χ3n) is 3.74. The maximum atomic E-state index is 12.7. The van der Waals surface area contributed by atoms with Crippen LogP contribution in [0.15, 0.2) is 23.1 Å². The zero-order valence-corrected chi connectivity index (χ0v) is 13.7. The molecule has 1 unspecified atom stereocenters. The third kappa shape index (κ3) is 3.81. The molecule has 1 rings (SSSR count). The molecular formula is C15H26N2O2S. The van der Waals surface area contributed by atoms with E-state index >= 15 is 0 Å². The minimum absolute atomic E-state index is 0.341.